The van der Waals surface area contributed by atoms with E-state index in [0.29, 0.717) is 6.54 Å². The van der Waals surface area contributed by atoms with Crippen molar-refractivity contribution in [3.63, 3.8) is 0 Å². The molecule has 3 aromatic rings. The summed E-state index contributed by atoms with van der Waals surface area (Å²) >= 11 is 3.29. The standard InChI is InChI=1S/C18H19N3OS2/c1-13-11-14(2)21(20-13)16(17-6-4-10-24-17)12-19-18(22)8-7-15-5-3-9-23-15/h3-11,16H,12H2,1-2H3,(H,19,22). The van der Waals surface area contributed by atoms with Crippen LogP contribution >= 0.6 is 22.7 Å². The molecule has 1 N–H and O–H groups in total. The van der Waals surface area contributed by atoms with Crippen LogP contribution in [0.2, 0.25) is 0 Å². The molecule has 3 aromatic heterocycles. The molecule has 6 heteroatoms. The van der Waals surface area contributed by atoms with Crippen molar-refractivity contribution in [1.29, 1.82) is 0 Å². The minimum Gasteiger partial charge on any atom is -0.350 e. The van der Waals surface area contributed by atoms with Crippen LogP contribution in [0.5, 0.6) is 0 Å². The highest BCUT2D eigenvalue weighted by Gasteiger charge is 2.18. The molecule has 0 aliphatic heterocycles. The van der Waals surface area contributed by atoms with Gasteiger partial charge in [-0.3, -0.25) is 9.48 Å². The summed E-state index contributed by atoms with van der Waals surface area (Å²) in [5.74, 6) is -0.0912. The van der Waals surface area contributed by atoms with Crippen LogP contribution < -0.4 is 5.32 Å². The predicted molar refractivity (Wildman–Crippen MR) is 101 cm³/mol. The topological polar surface area (TPSA) is 46.9 Å². The van der Waals surface area contributed by atoms with Crippen molar-refractivity contribution < 1.29 is 4.79 Å². The molecule has 1 unspecified atom stereocenters. The fraction of sp³-hybridized carbons (Fsp3) is 0.222. The average molecular weight is 358 g/mol. The molecule has 0 aliphatic rings. The Balaban J connectivity index is 1.71. The lowest BCUT2D eigenvalue weighted by Crippen LogP contribution is -2.30. The lowest BCUT2D eigenvalue weighted by Gasteiger charge is -2.18. The van der Waals surface area contributed by atoms with Crippen molar-refractivity contribution in [3.8, 4) is 0 Å². The van der Waals surface area contributed by atoms with Gasteiger partial charge in [-0.2, -0.15) is 5.10 Å². The summed E-state index contributed by atoms with van der Waals surface area (Å²) in [6.07, 6.45) is 3.42. The maximum absolute atomic E-state index is 12.1. The number of carbonyl (C=O) groups excluding carboxylic acids is 1. The highest BCUT2D eigenvalue weighted by molar-refractivity contribution is 7.10. The first-order valence-electron chi connectivity index (χ1n) is 7.69. The normalized spacial score (nSPS) is 12.6. The van der Waals surface area contributed by atoms with E-state index in [-0.39, 0.29) is 11.9 Å². The number of nitrogens with zero attached hydrogens (tertiary/aromatic N) is 2. The lowest BCUT2D eigenvalue weighted by atomic mass is 10.2. The third-order valence-corrected chi connectivity index (χ3v) is 5.43. The molecule has 124 valence electrons. The van der Waals surface area contributed by atoms with E-state index in [1.54, 1.807) is 28.7 Å². The maximum Gasteiger partial charge on any atom is 0.244 e. The lowest BCUT2D eigenvalue weighted by molar-refractivity contribution is -0.116. The molecule has 0 aromatic carbocycles. The number of rotatable bonds is 6. The summed E-state index contributed by atoms with van der Waals surface area (Å²) in [5.41, 5.74) is 2.08. The molecule has 0 spiro atoms. The molecule has 3 rings (SSSR count). The summed E-state index contributed by atoms with van der Waals surface area (Å²) in [5, 5.41) is 11.6. The second kappa shape index (κ2) is 7.59. The van der Waals surface area contributed by atoms with Crippen LogP contribution in [-0.4, -0.2) is 22.2 Å². The number of nitrogens with one attached hydrogen (secondary N) is 1. The van der Waals surface area contributed by atoms with Crippen LogP contribution in [-0.2, 0) is 4.79 Å². The number of hydrogen-bond donors (Lipinski definition) is 1. The summed E-state index contributed by atoms with van der Waals surface area (Å²) in [6, 6.07) is 10.1. The van der Waals surface area contributed by atoms with E-state index >= 15 is 0 Å². The van der Waals surface area contributed by atoms with E-state index in [4.69, 9.17) is 0 Å². The Kier molecular flexibility index (Phi) is 5.27. The van der Waals surface area contributed by atoms with E-state index in [1.807, 2.05) is 53.6 Å². The molecular formula is C18H19N3OS2. The number of aromatic nitrogens is 2. The summed E-state index contributed by atoms with van der Waals surface area (Å²) in [6.45, 7) is 4.53. The second-order valence-corrected chi connectivity index (χ2v) is 7.46. The summed E-state index contributed by atoms with van der Waals surface area (Å²) in [4.78, 5) is 14.4. The number of aryl methyl sites for hydroxylation is 2. The highest BCUT2D eigenvalue weighted by Crippen LogP contribution is 2.24. The van der Waals surface area contributed by atoms with Crippen LogP contribution in [0.3, 0.4) is 0 Å². The number of thiophene rings is 2. The van der Waals surface area contributed by atoms with Crippen molar-refractivity contribution in [2.24, 2.45) is 0 Å². The quantitative estimate of drug-likeness (QED) is 0.677. The summed E-state index contributed by atoms with van der Waals surface area (Å²) in [7, 11) is 0. The van der Waals surface area contributed by atoms with Gasteiger partial charge >= 0.3 is 0 Å². The Bertz CT molecular complexity index is 817. The molecule has 24 heavy (non-hydrogen) atoms. The molecule has 0 aliphatic carbocycles. The van der Waals surface area contributed by atoms with Crippen LogP contribution in [0.1, 0.15) is 27.2 Å². The van der Waals surface area contributed by atoms with Gasteiger partial charge in [-0.05, 0) is 48.9 Å². The highest BCUT2D eigenvalue weighted by atomic mass is 32.1. The van der Waals surface area contributed by atoms with Crippen LogP contribution in [0.25, 0.3) is 6.08 Å². The Morgan fingerprint density at radius 2 is 2.08 bits per heavy atom. The van der Waals surface area contributed by atoms with Crippen molar-refractivity contribution in [3.05, 3.63) is 68.3 Å². The monoisotopic (exact) mass is 357 g/mol. The third-order valence-electron chi connectivity index (χ3n) is 3.62. The summed E-state index contributed by atoms with van der Waals surface area (Å²) < 4.78 is 1.99. The number of hydrogen-bond acceptors (Lipinski definition) is 4. The van der Waals surface area contributed by atoms with Gasteiger partial charge in [-0.1, -0.05) is 12.1 Å². The largest absolute Gasteiger partial charge is 0.350 e. The van der Waals surface area contributed by atoms with Gasteiger partial charge in [0.15, 0.2) is 0 Å². The third kappa shape index (κ3) is 4.01. The van der Waals surface area contributed by atoms with Gasteiger partial charge in [-0.15, -0.1) is 22.7 Å². The Morgan fingerprint density at radius 1 is 1.29 bits per heavy atom. The zero-order chi connectivity index (χ0) is 16.9. The molecule has 3 heterocycles. The zero-order valence-electron chi connectivity index (χ0n) is 13.6. The van der Waals surface area contributed by atoms with E-state index in [1.165, 1.54) is 4.88 Å². The SMILES string of the molecule is Cc1cc(C)n(C(CNC(=O)C=Cc2cccs2)c2cccs2)n1. The smallest absolute Gasteiger partial charge is 0.244 e. The van der Waals surface area contributed by atoms with E-state index in [0.717, 1.165) is 16.3 Å². The van der Waals surface area contributed by atoms with Crippen LogP contribution in [0, 0.1) is 13.8 Å². The zero-order valence-corrected chi connectivity index (χ0v) is 15.2. The molecule has 1 amide bonds. The first-order chi connectivity index (χ1) is 11.6. The Labute approximate surface area is 149 Å². The van der Waals surface area contributed by atoms with Gasteiger partial charge in [0, 0.05) is 28.1 Å². The molecule has 0 bridgehead atoms. The number of amides is 1. The maximum atomic E-state index is 12.1. The first-order valence-corrected chi connectivity index (χ1v) is 9.45. The average Bonchev–Trinajstić information content (AvgIpc) is 3.29. The predicted octanol–water partition coefficient (Wildman–Crippen LogP) is 4.04. The molecule has 0 fully saturated rings. The number of carbonyl (C=O) groups is 1. The first kappa shape index (κ1) is 16.7. The Morgan fingerprint density at radius 3 is 2.71 bits per heavy atom. The van der Waals surface area contributed by atoms with Gasteiger partial charge in [0.05, 0.1) is 5.69 Å². The Hall–Kier alpha value is -2.18. The fourth-order valence-electron chi connectivity index (χ4n) is 2.55. The molecular weight excluding hydrogens is 338 g/mol. The van der Waals surface area contributed by atoms with Crippen molar-refractivity contribution >= 4 is 34.7 Å². The van der Waals surface area contributed by atoms with E-state index in [2.05, 4.69) is 22.5 Å². The molecule has 0 saturated heterocycles. The van der Waals surface area contributed by atoms with Crippen LogP contribution in [0.4, 0.5) is 0 Å². The molecule has 0 radical (unpaired) electrons. The molecule has 1 atom stereocenters. The van der Waals surface area contributed by atoms with Crippen molar-refractivity contribution in [2.75, 3.05) is 6.54 Å². The van der Waals surface area contributed by atoms with Crippen molar-refractivity contribution in [2.45, 2.75) is 19.9 Å². The van der Waals surface area contributed by atoms with Crippen molar-refractivity contribution in [1.82, 2.24) is 15.1 Å². The fourth-order valence-corrected chi connectivity index (χ4v) is 3.98. The van der Waals surface area contributed by atoms with E-state index < -0.39 is 0 Å². The van der Waals surface area contributed by atoms with E-state index in [9.17, 15) is 4.79 Å². The molecule has 0 saturated carbocycles. The van der Waals surface area contributed by atoms with Gasteiger partial charge in [0.25, 0.3) is 0 Å². The van der Waals surface area contributed by atoms with Crippen LogP contribution in [0.15, 0.2) is 47.2 Å². The molecule has 4 nitrogen and oxygen atoms in total. The van der Waals surface area contributed by atoms with Gasteiger partial charge in [0.2, 0.25) is 5.91 Å². The minimum atomic E-state index is -0.0912. The van der Waals surface area contributed by atoms with Gasteiger partial charge in [-0.25, -0.2) is 0 Å². The second-order valence-electron chi connectivity index (χ2n) is 5.50. The minimum absolute atomic E-state index is 0.0118. The van der Waals surface area contributed by atoms with Gasteiger partial charge in [0.1, 0.15) is 6.04 Å². The van der Waals surface area contributed by atoms with Gasteiger partial charge < -0.3 is 5.32 Å².